The fourth-order valence-electron chi connectivity index (χ4n) is 3.79. The molecule has 1 atom stereocenters. The van der Waals surface area contributed by atoms with Crippen LogP contribution in [0.4, 0.5) is 0 Å². The Bertz CT molecular complexity index is 376. The third-order valence-electron chi connectivity index (χ3n) is 5.09. The lowest BCUT2D eigenvalue weighted by Crippen LogP contribution is -2.41. The van der Waals surface area contributed by atoms with Gasteiger partial charge < -0.3 is 10.6 Å². The highest BCUT2D eigenvalue weighted by atomic mass is 14.9. The van der Waals surface area contributed by atoms with Crippen LogP contribution in [0.15, 0.2) is 30.3 Å². The Labute approximate surface area is 123 Å². The molecule has 1 saturated carbocycles. The molecule has 1 unspecified atom stereocenters. The highest BCUT2D eigenvalue weighted by Crippen LogP contribution is 2.32. The van der Waals surface area contributed by atoms with Crippen molar-refractivity contribution in [1.82, 2.24) is 10.6 Å². The van der Waals surface area contributed by atoms with E-state index in [-0.39, 0.29) is 0 Å². The molecule has 20 heavy (non-hydrogen) atoms. The van der Waals surface area contributed by atoms with Crippen molar-refractivity contribution in [2.24, 2.45) is 5.92 Å². The lowest BCUT2D eigenvalue weighted by molar-refractivity contribution is 0.298. The zero-order valence-corrected chi connectivity index (χ0v) is 12.5. The molecule has 2 heteroatoms. The molecule has 110 valence electrons. The van der Waals surface area contributed by atoms with Crippen molar-refractivity contribution < 1.29 is 0 Å². The summed E-state index contributed by atoms with van der Waals surface area (Å²) in [4.78, 5) is 0. The summed E-state index contributed by atoms with van der Waals surface area (Å²) >= 11 is 0. The van der Waals surface area contributed by atoms with Gasteiger partial charge in [-0.05, 0) is 75.6 Å². The van der Waals surface area contributed by atoms with E-state index in [0.717, 1.165) is 17.9 Å². The van der Waals surface area contributed by atoms with Gasteiger partial charge in [0.1, 0.15) is 0 Å². The number of hydrogen-bond donors (Lipinski definition) is 2. The molecule has 2 nitrogen and oxygen atoms in total. The van der Waals surface area contributed by atoms with E-state index in [2.05, 4.69) is 41.0 Å². The largest absolute Gasteiger partial charge is 0.316 e. The van der Waals surface area contributed by atoms with Crippen LogP contribution in [0.5, 0.6) is 0 Å². The van der Waals surface area contributed by atoms with Crippen molar-refractivity contribution in [3.8, 4) is 0 Å². The predicted octanol–water partition coefficient (Wildman–Crippen LogP) is 3.30. The van der Waals surface area contributed by atoms with Gasteiger partial charge in [-0.1, -0.05) is 30.3 Å². The van der Waals surface area contributed by atoms with Gasteiger partial charge in [0.25, 0.3) is 0 Å². The molecule has 0 radical (unpaired) electrons. The Hall–Kier alpha value is -0.860. The van der Waals surface area contributed by atoms with E-state index in [1.165, 1.54) is 58.2 Å². The molecule has 0 aromatic heterocycles. The van der Waals surface area contributed by atoms with Crippen molar-refractivity contribution in [3.63, 3.8) is 0 Å². The maximum absolute atomic E-state index is 3.82. The van der Waals surface area contributed by atoms with Crippen LogP contribution in [0, 0.1) is 5.92 Å². The molecule has 1 aromatic rings. The van der Waals surface area contributed by atoms with Gasteiger partial charge in [0.05, 0.1) is 0 Å². The van der Waals surface area contributed by atoms with Crippen LogP contribution in [-0.4, -0.2) is 25.7 Å². The van der Waals surface area contributed by atoms with Crippen molar-refractivity contribution >= 4 is 0 Å². The molecule has 1 aromatic carbocycles. The summed E-state index contributed by atoms with van der Waals surface area (Å²) in [6.45, 7) is 3.65. The molecule has 1 aliphatic carbocycles. The van der Waals surface area contributed by atoms with Crippen LogP contribution >= 0.6 is 0 Å². The molecule has 1 saturated heterocycles. The monoisotopic (exact) mass is 272 g/mol. The van der Waals surface area contributed by atoms with Crippen LogP contribution in [0.25, 0.3) is 0 Å². The molecule has 1 heterocycles. The molecule has 0 spiro atoms. The lowest BCUT2D eigenvalue weighted by atomic mass is 9.81. The second-order valence-corrected chi connectivity index (χ2v) is 6.58. The van der Waals surface area contributed by atoms with E-state index >= 15 is 0 Å². The summed E-state index contributed by atoms with van der Waals surface area (Å²) < 4.78 is 0. The van der Waals surface area contributed by atoms with Crippen LogP contribution in [-0.2, 0) is 0 Å². The molecule has 2 N–H and O–H groups in total. The first kappa shape index (κ1) is 14.1. The van der Waals surface area contributed by atoms with Gasteiger partial charge in [0.15, 0.2) is 0 Å². The minimum absolute atomic E-state index is 0.761. The zero-order chi connectivity index (χ0) is 13.6. The average molecular weight is 272 g/mol. The van der Waals surface area contributed by atoms with Crippen LogP contribution in [0.2, 0.25) is 0 Å². The van der Waals surface area contributed by atoms with Crippen molar-refractivity contribution in [2.75, 3.05) is 19.6 Å². The first-order chi connectivity index (χ1) is 9.92. The van der Waals surface area contributed by atoms with Crippen LogP contribution in [0.3, 0.4) is 0 Å². The van der Waals surface area contributed by atoms with E-state index in [9.17, 15) is 0 Å². The van der Waals surface area contributed by atoms with E-state index in [0.29, 0.717) is 0 Å². The molecule has 3 rings (SSSR count). The first-order valence-electron chi connectivity index (χ1n) is 8.41. The van der Waals surface area contributed by atoms with Crippen molar-refractivity contribution in [3.05, 3.63) is 35.9 Å². The summed E-state index contributed by atoms with van der Waals surface area (Å²) in [5, 5.41) is 7.33. The molecule has 0 bridgehead atoms. The molecular weight excluding hydrogens is 244 g/mol. The Kier molecular flexibility index (Phi) is 5.10. The average Bonchev–Trinajstić information content (AvgIpc) is 2.55. The molecular formula is C18H28N2. The van der Waals surface area contributed by atoms with Gasteiger partial charge in [-0.2, -0.15) is 0 Å². The lowest BCUT2D eigenvalue weighted by Gasteiger charge is -2.31. The highest BCUT2D eigenvalue weighted by molar-refractivity contribution is 5.20. The van der Waals surface area contributed by atoms with Crippen LogP contribution < -0.4 is 10.6 Å². The summed E-state index contributed by atoms with van der Waals surface area (Å²) in [6.07, 6.45) is 8.15. The minimum Gasteiger partial charge on any atom is -0.316 e. The number of hydrogen-bond acceptors (Lipinski definition) is 2. The predicted molar refractivity (Wildman–Crippen MR) is 85.0 cm³/mol. The molecule has 2 fully saturated rings. The quantitative estimate of drug-likeness (QED) is 0.879. The smallest absolute Gasteiger partial charge is 0.00676 e. The zero-order valence-electron chi connectivity index (χ0n) is 12.5. The normalized spacial score (nSPS) is 31.1. The second kappa shape index (κ2) is 7.24. The van der Waals surface area contributed by atoms with Gasteiger partial charge in [-0.25, -0.2) is 0 Å². The van der Waals surface area contributed by atoms with Gasteiger partial charge in [-0.15, -0.1) is 0 Å². The summed E-state index contributed by atoms with van der Waals surface area (Å²) in [7, 11) is 0. The highest BCUT2D eigenvalue weighted by Gasteiger charge is 2.22. The fourth-order valence-corrected chi connectivity index (χ4v) is 3.79. The SMILES string of the molecule is c1ccc(C2CCC(NCC3CCCNC3)CC2)cc1. The summed E-state index contributed by atoms with van der Waals surface area (Å²) in [6, 6.07) is 11.8. The Morgan fingerprint density at radius 1 is 1.00 bits per heavy atom. The van der Waals surface area contributed by atoms with Crippen molar-refractivity contribution in [1.29, 1.82) is 0 Å². The Balaban J connectivity index is 1.40. The summed E-state index contributed by atoms with van der Waals surface area (Å²) in [5.41, 5.74) is 1.54. The number of nitrogens with one attached hydrogen (secondary N) is 2. The van der Waals surface area contributed by atoms with Gasteiger partial charge >= 0.3 is 0 Å². The summed E-state index contributed by atoms with van der Waals surface area (Å²) in [5.74, 6) is 1.65. The van der Waals surface area contributed by atoms with E-state index in [1.807, 2.05) is 0 Å². The molecule has 2 aliphatic rings. The standard InChI is InChI=1S/C18H28N2/c1-2-6-16(7-3-1)17-8-10-18(11-9-17)20-14-15-5-4-12-19-13-15/h1-3,6-7,15,17-20H,4-5,8-14H2. The maximum atomic E-state index is 3.82. The van der Waals surface area contributed by atoms with E-state index in [4.69, 9.17) is 0 Å². The Morgan fingerprint density at radius 2 is 1.80 bits per heavy atom. The Morgan fingerprint density at radius 3 is 2.50 bits per heavy atom. The maximum Gasteiger partial charge on any atom is 0.00676 e. The van der Waals surface area contributed by atoms with E-state index in [1.54, 1.807) is 5.56 Å². The third kappa shape index (κ3) is 3.83. The van der Waals surface area contributed by atoms with Crippen molar-refractivity contribution in [2.45, 2.75) is 50.5 Å². The number of rotatable bonds is 4. The third-order valence-corrected chi connectivity index (χ3v) is 5.09. The van der Waals surface area contributed by atoms with E-state index < -0.39 is 0 Å². The fraction of sp³-hybridized carbons (Fsp3) is 0.667. The first-order valence-corrected chi connectivity index (χ1v) is 8.41. The molecule has 1 aliphatic heterocycles. The van der Waals surface area contributed by atoms with Gasteiger partial charge in [0.2, 0.25) is 0 Å². The van der Waals surface area contributed by atoms with Gasteiger partial charge in [0, 0.05) is 6.04 Å². The minimum atomic E-state index is 0.761. The molecule has 0 amide bonds. The van der Waals surface area contributed by atoms with Gasteiger partial charge in [-0.3, -0.25) is 0 Å². The topological polar surface area (TPSA) is 24.1 Å². The number of benzene rings is 1. The number of piperidine rings is 1. The second-order valence-electron chi connectivity index (χ2n) is 6.58. The van der Waals surface area contributed by atoms with Crippen LogP contribution in [0.1, 0.15) is 50.0 Å².